The predicted octanol–water partition coefficient (Wildman–Crippen LogP) is 0.406. The normalized spacial score (nSPS) is 8.77. The second kappa shape index (κ2) is 6.25. The van der Waals surface area contributed by atoms with Crippen molar-refractivity contribution in [2.24, 2.45) is 0 Å². The highest BCUT2D eigenvalue weighted by atomic mass is 33.1. The van der Waals surface area contributed by atoms with Crippen molar-refractivity contribution < 1.29 is 18.8 Å². The zero-order valence-corrected chi connectivity index (χ0v) is 8.14. The minimum absolute atomic E-state index is 0.454. The highest BCUT2D eigenvalue weighted by Crippen LogP contribution is 1.98. The van der Waals surface area contributed by atoms with Gasteiger partial charge in [-0.15, -0.1) is 23.3 Å². The van der Waals surface area contributed by atoms with Gasteiger partial charge in [0.25, 0.3) is 0 Å². The monoisotopic (exact) mass is 224 g/mol. The highest BCUT2D eigenvalue weighted by Gasteiger charge is 2.16. The summed E-state index contributed by atoms with van der Waals surface area (Å²) in [6, 6.07) is 2.48. The van der Waals surface area contributed by atoms with E-state index in [0.717, 1.165) is 18.2 Å². The summed E-state index contributed by atoms with van der Waals surface area (Å²) in [5, 5.41) is 17.0. The third kappa shape index (κ3) is 3.99. The molecule has 1 rings (SSSR count). The zero-order chi connectivity index (χ0) is 10.4. The fraction of sp³-hybridized carbons (Fsp3) is 0. The van der Waals surface area contributed by atoms with Crippen LogP contribution in [0.2, 0.25) is 0 Å². The van der Waals surface area contributed by atoms with E-state index in [1.807, 2.05) is 0 Å². The zero-order valence-electron chi connectivity index (χ0n) is 6.35. The Bertz CT molecular complexity index is 273. The van der Waals surface area contributed by atoms with Crippen LogP contribution in [0.25, 0.3) is 0 Å². The molecular weight excluding hydrogens is 217 g/mol. The third-order valence-corrected chi connectivity index (χ3v) is 1.24. The molecule has 0 fully saturated rings. The number of hydrogen-bond acceptors (Lipinski definition) is 4. The van der Waals surface area contributed by atoms with Gasteiger partial charge in [-0.05, 0) is 18.2 Å². The molecule has 1 aromatic rings. The minimum atomic E-state index is -1.97. The van der Waals surface area contributed by atoms with Crippen LogP contribution in [-0.4, -0.2) is 17.2 Å². The smallest absolute Gasteiger partial charge is 0.423 e. The van der Waals surface area contributed by atoms with Crippen LogP contribution in [0, 0.1) is 11.6 Å². The fourth-order valence-electron chi connectivity index (χ4n) is 0.712. The molecule has 0 spiro atoms. The molecule has 0 amide bonds. The maximum atomic E-state index is 12.5. The molecule has 0 unspecified atom stereocenters. The molecule has 0 aromatic heterocycles. The SMILES string of the molecule is OB(O)c1cc(F)ccc1F.SS. The van der Waals surface area contributed by atoms with Crippen molar-refractivity contribution in [1.29, 1.82) is 0 Å². The fourth-order valence-corrected chi connectivity index (χ4v) is 0.712. The van der Waals surface area contributed by atoms with Crippen molar-refractivity contribution in [1.82, 2.24) is 0 Å². The van der Waals surface area contributed by atoms with Crippen molar-refractivity contribution in [2.45, 2.75) is 0 Å². The summed E-state index contributed by atoms with van der Waals surface area (Å²) < 4.78 is 24.9. The van der Waals surface area contributed by atoms with E-state index in [9.17, 15) is 8.78 Å². The molecule has 0 saturated carbocycles. The molecule has 0 radical (unpaired) electrons. The predicted molar refractivity (Wildman–Crippen MR) is 54.2 cm³/mol. The second-order valence-corrected chi connectivity index (χ2v) is 2.04. The first-order chi connectivity index (χ1) is 6.11. The summed E-state index contributed by atoms with van der Waals surface area (Å²) in [7, 11) is -1.97. The molecule has 0 aliphatic heterocycles. The lowest BCUT2D eigenvalue weighted by atomic mass is 9.80. The van der Waals surface area contributed by atoms with E-state index in [1.54, 1.807) is 0 Å². The van der Waals surface area contributed by atoms with Gasteiger partial charge in [-0.25, -0.2) is 8.78 Å². The van der Waals surface area contributed by atoms with Gasteiger partial charge < -0.3 is 10.0 Å². The first-order valence-electron chi connectivity index (χ1n) is 3.12. The van der Waals surface area contributed by atoms with Crippen LogP contribution in [0.4, 0.5) is 8.78 Å². The molecule has 0 atom stereocenters. The molecule has 0 bridgehead atoms. The van der Waals surface area contributed by atoms with Crippen LogP contribution in [0.15, 0.2) is 18.2 Å². The second-order valence-electron chi connectivity index (χ2n) is 2.04. The first-order valence-corrected chi connectivity index (χ1v) is 4.72. The quantitative estimate of drug-likeness (QED) is 0.317. The van der Waals surface area contributed by atoms with Gasteiger partial charge >= 0.3 is 7.12 Å². The lowest BCUT2D eigenvalue weighted by Gasteiger charge is -1.99. The molecule has 13 heavy (non-hydrogen) atoms. The third-order valence-electron chi connectivity index (χ3n) is 1.24. The van der Waals surface area contributed by atoms with Crippen molar-refractivity contribution in [3.05, 3.63) is 29.8 Å². The van der Waals surface area contributed by atoms with E-state index >= 15 is 0 Å². The van der Waals surface area contributed by atoms with Crippen molar-refractivity contribution in [2.75, 3.05) is 0 Å². The van der Waals surface area contributed by atoms with Crippen LogP contribution >= 0.6 is 23.3 Å². The van der Waals surface area contributed by atoms with Gasteiger partial charge in [-0.1, -0.05) is 0 Å². The van der Waals surface area contributed by atoms with E-state index in [2.05, 4.69) is 23.3 Å². The molecule has 2 nitrogen and oxygen atoms in total. The number of halogens is 2. The van der Waals surface area contributed by atoms with Crippen LogP contribution in [0.5, 0.6) is 0 Å². The Labute approximate surface area is 85.0 Å². The molecule has 0 heterocycles. The standard InChI is InChI=1S/C6H5BF2O2.H2S2/c8-4-1-2-6(9)5(3-4)7(10)11;1-2/h1-3,10-11H;1-2H. The van der Waals surface area contributed by atoms with Crippen LogP contribution in [0.1, 0.15) is 0 Å². The molecular formula is C6H7BF2O2S2. The Morgan fingerprint density at radius 2 is 1.69 bits per heavy atom. The summed E-state index contributed by atoms with van der Waals surface area (Å²) in [4.78, 5) is 0. The molecule has 0 aliphatic carbocycles. The molecule has 1 aromatic carbocycles. The molecule has 2 N–H and O–H groups in total. The molecule has 0 saturated heterocycles. The average Bonchev–Trinajstić information content (AvgIpc) is 2.12. The van der Waals surface area contributed by atoms with Gasteiger partial charge in [-0.3, -0.25) is 0 Å². The van der Waals surface area contributed by atoms with Gasteiger partial charge in [0, 0.05) is 5.46 Å². The van der Waals surface area contributed by atoms with Crippen LogP contribution < -0.4 is 5.46 Å². The Kier molecular flexibility index (Phi) is 6.14. The molecule has 72 valence electrons. The van der Waals surface area contributed by atoms with Crippen molar-refractivity contribution in [3.63, 3.8) is 0 Å². The van der Waals surface area contributed by atoms with Gasteiger partial charge in [0.1, 0.15) is 11.6 Å². The van der Waals surface area contributed by atoms with Gasteiger partial charge in [0.15, 0.2) is 0 Å². The van der Waals surface area contributed by atoms with Gasteiger partial charge in [0.2, 0.25) is 0 Å². The largest absolute Gasteiger partial charge is 0.491 e. The first kappa shape index (κ1) is 12.8. The van der Waals surface area contributed by atoms with Crippen LogP contribution in [-0.2, 0) is 0 Å². The summed E-state index contributed by atoms with van der Waals surface area (Å²) in [6.45, 7) is 0. The Hall–Kier alpha value is -0.235. The molecule has 7 heteroatoms. The van der Waals surface area contributed by atoms with E-state index in [-0.39, 0.29) is 0 Å². The van der Waals surface area contributed by atoms with Gasteiger partial charge in [-0.2, -0.15) is 0 Å². The van der Waals surface area contributed by atoms with E-state index < -0.39 is 24.2 Å². The lowest BCUT2D eigenvalue weighted by Crippen LogP contribution is -2.32. The minimum Gasteiger partial charge on any atom is -0.423 e. The Morgan fingerprint density at radius 1 is 1.15 bits per heavy atom. The summed E-state index contributed by atoms with van der Waals surface area (Å²) in [6.07, 6.45) is 0. The van der Waals surface area contributed by atoms with Crippen LogP contribution in [0.3, 0.4) is 0 Å². The maximum Gasteiger partial charge on any atom is 0.491 e. The van der Waals surface area contributed by atoms with E-state index in [1.165, 1.54) is 0 Å². The number of benzene rings is 1. The number of hydrogen-bond donors (Lipinski definition) is 4. The van der Waals surface area contributed by atoms with E-state index in [0.29, 0.717) is 0 Å². The summed E-state index contributed by atoms with van der Waals surface area (Å²) >= 11 is 6.44. The Balaban J connectivity index is 0.000000671. The summed E-state index contributed by atoms with van der Waals surface area (Å²) in [5.41, 5.74) is -0.454. The van der Waals surface area contributed by atoms with Crippen molar-refractivity contribution >= 4 is 35.9 Å². The lowest BCUT2D eigenvalue weighted by molar-refractivity contribution is 0.422. The Morgan fingerprint density at radius 3 is 2.08 bits per heavy atom. The highest BCUT2D eigenvalue weighted by molar-refractivity contribution is 8.59. The number of rotatable bonds is 1. The topological polar surface area (TPSA) is 40.5 Å². The maximum absolute atomic E-state index is 12.5. The van der Waals surface area contributed by atoms with Gasteiger partial charge in [0.05, 0.1) is 0 Å². The summed E-state index contributed by atoms with van der Waals surface area (Å²) in [5.74, 6) is -1.53. The van der Waals surface area contributed by atoms with E-state index in [4.69, 9.17) is 10.0 Å². The average molecular weight is 224 g/mol. The molecule has 0 aliphatic rings. The van der Waals surface area contributed by atoms with Crippen molar-refractivity contribution in [3.8, 4) is 0 Å². The number of thiol groups is 2.